The Morgan fingerprint density at radius 3 is 2.90 bits per heavy atom. The first kappa shape index (κ1) is 14.7. The summed E-state index contributed by atoms with van der Waals surface area (Å²) in [7, 11) is 1.30. The Labute approximate surface area is 121 Å². The number of carbonyl (C=O) groups is 1. The SMILES string of the molecule is COC(=O)C(NCc1cccs1)c1cc(C)ccc1F. The first-order valence-corrected chi connectivity index (χ1v) is 7.09. The van der Waals surface area contributed by atoms with Gasteiger partial charge >= 0.3 is 5.97 Å². The first-order chi connectivity index (χ1) is 9.61. The molecule has 0 fully saturated rings. The van der Waals surface area contributed by atoms with Crippen molar-refractivity contribution in [3.05, 3.63) is 57.5 Å². The maximum Gasteiger partial charge on any atom is 0.327 e. The molecule has 1 heterocycles. The van der Waals surface area contributed by atoms with Crippen molar-refractivity contribution in [1.82, 2.24) is 5.32 Å². The second kappa shape index (κ2) is 6.63. The number of aryl methyl sites for hydroxylation is 1. The van der Waals surface area contributed by atoms with Crippen LogP contribution in [0.3, 0.4) is 0 Å². The van der Waals surface area contributed by atoms with E-state index in [-0.39, 0.29) is 0 Å². The number of thiophene rings is 1. The largest absolute Gasteiger partial charge is 0.468 e. The van der Waals surface area contributed by atoms with Crippen molar-refractivity contribution in [3.63, 3.8) is 0 Å². The van der Waals surface area contributed by atoms with Gasteiger partial charge in [0.05, 0.1) is 7.11 Å². The van der Waals surface area contributed by atoms with Gasteiger partial charge in [0.25, 0.3) is 0 Å². The van der Waals surface area contributed by atoms with Gasteiger partial charge in [-0.25, -0.2) is 9.18 Å². The van der Waals surface area contributed by atoms with Crippen molar-refractivity contribution in [1.29, 1.82) is 0 Å². The Morgan fingerprint density at radius 1 is 1.45 bits per heavy atom. The van der Waals surface area contributed by atoms with E-state index >= 15 is 0 Å². The van der Waals surface area contributed by atoms with Crippen LogP contribution in [-0.2, 0) is 16.1 Å². The lowest BCUT2D eigenvalue weighted by atomic mass is 10.0. The van der Waals surface area contributed by atoms with Gasteiger partial charge < -0.3 is 4.74 Å². The van der Waals surface area contributed by atoms with E-state index in [9.17, 15) is 9.18 Å². The van der Waals surface area contributed by atoms with Crippen LogP contribution in [0.1, 0.15) is 22.0 Å². The van der Waals surface area contributed by atoms with Crippen molar-refractivity contribution in [2.75, 3.05) is 7.11 Å². The topological polar surface area (TPSA) is 38.3 Å². The molecule has 1 aromatic carbocycles. The molecule has 0 aliphatic heterocycles. The van der Waals surface area contributed by atoms with Gasteiger partial charge in [-0.2, -0.15) is 0 Å². The molecular weight excluding hydrogens is 277 g/mol. The molecule has 0 saturated carbocycles. The fourth-order valence-corrected chi connectivity index (χ4v) is 2.59. The van der Waals surface area contributed by atoms with Crippen molar-refractivity contribution >= 4 is 17.3 Å². The van der Waals surface area contributed by atoms with E-state index in [4.69, 9.17) is 4.74 Å². The van der Waals surface area contributed by atoms with Gasteiger partial charge in [0.15, 0.2) is 0 Å². The number of esters is 1. The summed E-state index contributed by atoms with van der Waals surface area (Å²) >= 11 is 1.58. The average Bonchev–Trinajstić information content (AvgIpc) is 2.95. The molecular formula is C15H16FNO2S. The fraction of sp³-hybridized carbons (Fsp3) is 0.267. The Bertz CT molecular complexity index is 584. The molecule has 1 atom stereocenters. The number of hydrogen-bond donors (Lipinski definition) is 1. The molecule has 20 heavy (non-hydrogen) atoms. The van der Waals surface area contributed by atoms with Crippen molar-refractivity contribution < 1.29 is 13.9 Å². The summed E-state index contributed by atoms with van der Waals surface area (Å²) < 4.78 is 18.7. The van der Waals surface area contributed by atoms with Crippen LogP contribution >= 0.6 is 11.3 Å². The second-order valence-electron chi connectivity index (χ2n) is 4.44. The quantitative estimate of drug-likeness (QED) is 0.860. The lowest BCUT2D eigenvalue weighted by molar-refractivity contribution is -0.143. The molecule has 1 unspecified atom stereocenters. The summed E-state index contributed by atoms with van der Waals surface area (Å²) in [5.41, 5.74) is 1.21. The fourth-order valence-electron chi connectivity index (χ4n) is 1.94. The normalized spacial score (nSPS) is 12.2. The van der Waals surface area contributed by atoms with Gasteiger partial charge in [0, 0.05) is 17.0 Å². The molecule has 5 heteroatoms. The van der Waals surface area contributed by atoms with Crippen LogP contribution in [0.25, 0.3) is 0 Å². The van der Waals surface area contributed by atoms with Gasteiger partial charge in [-0.1, -0.05) is 23.8 Å². The predicted octanol–water partition coefficient (Wildman–Crippen LogP) is 3.20. The molecule has 2 aromatic rings. The molecule has 0 bridgehead atoms. The van der Waals surface area contributed by atoms with E-state index in [1.54, 1.807) is 23.5 Å². The van der Waals surface area contributed by atoms with Gasteiger partial charge in [-0.3, -0.25) is 5.32 Å². The minimum Gasteiger partial charge on any atom is -0.468 e. The molecule has 0 saturated heterocycles. The Balaban J connectivity index is 2.22. The van der Waals surface area contributed by atoms with E-state index in [1.165, 1.54) is 13.2 Å². The molecule has 0 aliphatic carbocycles. The minimum atomic E-state index is -0.804. The minimum absolute atomic E-state index is 0.313. The molecule has 2 rings (SSSR count). The molecule has 0 spiro atoms. The van der Waals surface area contributed by atoms with Crippen LogP contribution in [-0.4, -0.2) is 13.1 Å². The molecule has 1 N–H and O–H groups in total. The number of benzene rings is 1. The highest BCUT2D eigenvalue weighted by atomic mass is 32.1. The van der Waals surface area contributed by atoms with E-state index in [1.807, 2.05) is 24.4 Å². The Hall–Kier alpha value is -1.72. The number of ether oxygens (including phenoxy) is 1. The maximum atomic E-state index is 13.9. The number of halogens is 1. The molecule has 1 aromatic heterocycles. The number of hydrogen-bond acceptors (Lipinski definition) is 4. The lowest BCUT2D eigenvalue weighted by Gasteiger charge is -2.17. The Kier molecular flexibility index (Phi) is 4.87. The van der Waals surface area contributed by atoms with Crippen LogP contribution in [0.4, 0.5) is 4.39 Å². The Morgan fingerprint density at radius 2 is 2.25 bits per heavy atom. The monoisotopic (exact) mass is 293 g/mol. The van der Waals surface area contributed by atoms with E-state index in [0.717, 1.165) is 10.4 Å². The highest BCUT2D eigenvalue weighted by Crippen LogP contribution is 2.21. The third kappa shape index (κ3) is 3.43. The molecule has 0 radical (unpaired) electrons. The van der Waals surface area contributed by atoms with Gasteiger partial charge in [-0.15, -0.1) is 11.3 Å². The molecule has 106 valence electrons. The standard InChI is InChI=1S/C15H16FNO2S/c1-10-5-6-13(16)12(8-10)14(15(18)19-2)17-9-11-4-3-7-20-11/h3-8,14,17H,9H2,1-2H3. The van der Waals surface area contributed by atoms with Crippen LogP contribution < -0.4 is 5.32 Å². The van der Waals surface area contributed by atoms with Crippen LogP contribution in [0.15, 0.2) is 35.7 Å². The zero-order valence-electron chi connectivity index (χ0n) is 11.4. The third-order valence-corrected chi connectivity index (χ3v) is 3.84. The van der Waals surface area contributed by atoms with Gasteiger partial charge in [-0.05, 0) is 24.4 Å². The van der Waals surface area contributed by atoms with Crippen LogP contribution in [0.2, 0.25) is 0 Å². The summed E-state index contributed by atoms with van der Waals surface area (Å²) in [5, 5.41) is 5.01. The lowest BCUT2D eigenvalue weighted by Crippen LogP contribution is -2.30. The van der Waals surface area contributed by atoms with E-state index in [0.29, 0.717) is 12.1 Å². The summed E-state index contributed by atoms with van der Waals surface area (Å²) in [6.45, 7) is 2.35. The third-order valence-electron chi connectivity index (χ3n) is 2.96. The average molecular weight is 293 g/mol. The second-order valence-corrected chi connectivity index (χ2v) is 5.47. The number of nitrogens with one attached hydrogen (secondary N) is 1. The summed E-state index contributed by atoms with van der Waals surface area (Å²) in [6.07, 6.45) is 0. The summed E-state index contributed by atoms with van der Waals surface area (Å²) in [6, 6.07) is 7.79. The van der Waals surface area contributed by atoms with Crippen molar-refractivity contribution in [2.45, 2.75) is 19.5 Å². The predicted molar refractivity (Wildman–Crippen MR) is 77.1 cm³/mol. The van der Waals surface area contributed by atoms with Gasteiger partial charge in [0.2, 0.25) is 0 Å². The zero-order chi connectivity index (χ0) is 14.5. The number of rotatable bonds is 5. The maximum absolute atomic E-state index is 13.9. The summed E-state index contributed by atoms with van der Waals surface area (Å²) in [4.78, 5) is 13.0. The van der Waals surface area contributed by atoms with E-state index < -0.39 is 17.8 Å². The summed E-state index contributed by atoms with van der Waals surface area (Å²) in [5.74, 6) is -0.907. The first-order valence-electron chi connectivity index (χ1n) is 6.21. The van der Waals surface area contributed by atoms with Gasteiger partial charge in [0.1, 0.15) is 11.9 Å². The molecule has 0 aliphatic rings. The number of carbonyl (C=O) groups excluding carboxylic acids is 1. The highest BCUT2D eigenvalue weighted by molar-refractivity contribution is 7.09. The molecule has 3 nitrogen and oxygen atoms in total. The smallest absolute Gasteiger partial charge is 0.327 e. The van der Waals surface area contributed by atoms with Crippen LogP contribution in [0, 0.1) is 12.7 Å². The van der Waals surface area contributed by atoms with E-state index in [2.05, 4.69) is 5.32 Å². The van der Waals surface area contributed by atoms with Crippen molar-refractivity contribution in [3.8, 4) is 0 Å². The van der Waals surface area contributed by atoms with Crippen LogP contribution in [0.5, 0.6) is 0 Å². The molecule has 0 amide bonds. The highest BCUT2D eigenvalue weighted by Gasteiger charge is 2.24. The zero-order valence-corrected chi connectivity index (χ0v) is 12.2. The number of methoxy groups -OCH3 is 1. The van der Waals surface area contributed by atoms with Crippen molar-refractivity contribution in [2.24, 2.45) is 0 Å².